The zero-order chi connectivity index (χ0) is 23.7. The molecule has 0 radical (unpaired) electrons. The third-order valence-electron chi connectivity index (χ3n) is 3.84. The Kier molecular flexibility index (Phi) is 10.1. The van der Waals surface area contributed by atoms with E-state index in [4.69, 9.17) is 19.9 Å². The Hall–Kier alpha value is -2.46. The van der Waals surface area contributed by atoms with Crippen LogP contribution in [0.1, 0.15) is 15.9 Å². The van der Waals surface area contributed by atoms with E-state index >= 15 is 4.39 Å². The van der Waals surface area contributed by atoms with Gasteiger partial charge in [0, 0.05) is 10.6 Å². The standard InChI is InChI=1S/C19H20F3IN4O5/c1-24-18(26-31-6-4-28)11-9-12(19(30)27-32-7-5-29)17(16(22)15(11)21)25-14-3-2-10(23)8-13(14)20/h2-3,8-9,25,28-29H,4-7H2,1H3,(H,24,26)(H,27,30). The number of carbonyl (C=O) groups is 1. The molecule has 13 heteroatoms. The highest BCUT2D eigenvalue weighted by molar-refractivity contribution is 14.1. The monoisotopic (exact) mass is 568 g/mol. The Morgan fingerprint density at radius 2 is 1.69 bits per heavy atom. The summed E-state index contributed by atoms with van der Waals surface area (Å²) in [6.07, 6.45) is 0. The molecule has 2 aromatic rings. The maximum Gasteiger partial charge on any atom is 0.277 e. The van der Waals surface area contributed by atoms with Crippen molar-refractivity contribution in [2.75, 3.05) is 38.8 Å². The summed E-state index contributed by atoms with van der Waals surface area (Å²) in [5.74, 6) is -4.91. The number of nitrogens with zero attached hydrogens (tertiary/aromatic N) is 1. The van der Waals surface area contributed by atoms with Crippen molar-refractivity contribution in [3.8, 4) is 0 Å². The minimum absolute atomic E-state index is 0.169. The van der Waals surface area contributed by atoms with Gasteiger partial charge in [0.1, 0.15) is 5.82 Å². The van der Waals surface area contributed by atoms with E-state index in [1.54, 1.807) is 0 Å². The van der Waals surface area contributed by atoms with Gasteiger partial charge >= 0.3 is 0 Å². The van der Waals surface area contributed by atoms with E-state index in [9.17, 15) is 13.6 Å². The van der Waals surface area contributed by atoms with Gasteiger partial charge in [0.05, 0.1) is 48.9 Å². The number of rotatable bonds is 10. The summed E-state index contributed by atoms with van der Waals surface area (Å²) in [4.78, 5) is 26.0. The van der Waals surface area contributed by atoms with Gasteiger partial charge in [-0.25, -0.2) is 24.1 Å². The first-order valence-corrected chi connectivity index (χ1v) is 10.1. The first kappa shape index (κ1) is 25.8. The van der Waals surface area contributed by atoms with Gasteiger partial charge in [-0.2, -0.15) is 0 Å². The molecule has 0 unspecified atom stereocenters. The Morgan fingerprint density at radius 3 is 2.28 bits per heavy atom. The van der Waals surface area contributed by atoms with Crippen molar-refractivity contribution in [1.29, 1.82) is 0 Å². The molecule has 0 heterocycles. The molecule has 9 nitrogen and oxygen atoms in total. The molecule has 0 bridgehead atoms. The Morgan fingerprint density at radius 1 is 1.03 bits per heavy atom. The molecule has 0 spiro atoms. The second kappa shape index (κ2) is 12.5. The van der Waals surface area contributed by atoms with E-state index in [1.807, 2.05) is 28.1 Å². The van der Waals surface area contributed by atoms with Crippen molar-refractivity contribution in [1.82, 2.24) is 11.0 Å². The number of nitrogens with one attached hydrogen (secondary N) is 3. The summed E-state index contributed by atoms with van der Waals surface area (Å²) < 4.78 is 44.8. The molecule has 0 atom stereocenters. The Labute approximate surface area is 194 Å². The summed E-state index contributed by atoms with van der Waals surface area (Å²) in [5, 5.41) is 20.0. The number of aliphatic hydroxyl groups excluding tert-OH is 2. The van der Waals surface area contributed by atoms with E-state index < -0.39 is 46.8 Å². The Balaban J connectivity index is 2.55. The van der Waals surface area contributed by atoms with E-state index in [0.29, 0.717) is 3.57 Å². The van der Waals surface area contributed by atoms with Crippen molar-refractivity contribution in [2.24, 2.45) is 4.99 Å². The second-order valence-corrected chi connectivity index (χ2v) is 7.22. The zero-order valence-electron chi connectivity index (χ0n) is 16.7. The first-order chi connectivity index (χ1) is 15.3. The molecule has 0 fully saturated rings. The number of hydrogen-bond acceptors (Lipinski definition) is 7. The van der Waals surface area contributed by atoms with Gasteiger partial charge in [0.15, 0.2) is 17.5 Å². The average molecular weight is 568 g/mol. The first-order valence-electron chi connectivity index (χ1n) is 9.06. The van der Waals surface area contributed by atoms with Crippen LogP contribution in [0.25, 0.3) is 0 Å². The van der Waals surface area contributed by atoms with E-state index in [2.05, 4.69) is 15.8 Å². The number of amides is 1. The summed E-state index contributed by atoms with van der Waals surface area (Å²) in [6.45, 7) is -1.17. The largest absolute Gasteiger partial charge is 0.394 e. The quantitative estimate of drug-likeness (QED) is 0.0977. The van der Waals surface area contributed by atoms with Crippen molar-refractivity contribution in [2.45, 2.75) is 0 Å². The molecular weight excluding hydrogens is 548 g/mol. The van der Waals surface area contributed by atoms with Gasteiger partial charge in [0.25, 0.3) is 5.91 Å². The maximum atomic E-state index is 15.1. The van der Waals surface area contributed by atoms with Crippen LogP contribution in [0.3, 0.4) is 0 Å². The van der Waals surface area contributed by atoms with E-state index in [1.165, 1.54) is 25.2 Å². The van der Waals surface area contributed by atoms with Gasteiger partial charge < -0.3 is 15.5 Å². The lowest BCUT2D eigenvalue weighted by atomic mass is 10.0. The van der Waals surface area contributed by atoms with Crippen LogP contribution in [-0.2, 0) is 9.68 Å². The molecule has 0 aliphatic carbocycles. The molecule has 0 aromatic heterocycles. The molecule has 5 N–H and O–H groups in total. The van der Waals surface area contributed by atoms with Crippen LogP contribution in [-0.4, -0.2) is 55.4 Å². The third kappa shape index (κ3) is 6.52. The highest BCUT2D eigenvalue weighted by Crippen LogP contribution is 2.30. The second-order valence-electron chi connectivity index (χ2n) is 5.97. The lowest BCUT2D eigenvalue weighted by molar-refractivity contribution is 0.0168. The lowest BCUT2D eigenvalue weighted by Gasteiger charge is -2.17. The minimum Gasteiger partial charge on any atom is -0.394 e. The topological polar surface area (TPSA) is 124 Å². The van der Waals surface area contributed by atoms with Crippen molar-refractivity contribution < 1.29 is 37.9 Å². The molecular formula is C19H20F3IN4O5. The number of halogens is 4. The highest BCUT2D eigenvalue weighted by Gasteiger charge is 2.26. The highest BCUT2D eigenvalue weighted by atomic mass is 127. The summed E-state index contributed by atoms with van der Waals surface area (Å²) in [6, 6.07) is 4.96. The molecule has 32 heavy (non-hydrogen) atoms. The molecule has 2 aromatic carbocycles. The lowest BCUT2D eigenvalue weighted by Crippen LogP contribution is -2.30. The van der Waals surface area contributed by atoms with E-state index in [0.717, 1.165) is 6.07 Å². The number of amidine groups is 1. The fourth-order valence-corrected chi connectivity index (χ4v) is 2.88. The number of aliphatic hydroxyl groups is 2. The van der Waals surface area contributed by atoms with Gasteiger partial charge in [-0.05, 0) is 46.9 Å². The molecule has 0 saturated carbocycles. The van der Waals surface area contributed by atoms with Crippen LogP contribution < -0.4 is 16.3 Å². The number of hydrogen-bond donors (Lipinski definition) is 5. The SMILES string of the molecule is CN=C(NOCCO)c1cc(C(=O)NOCCO)c(Nc2ccc(I)cc2F)c(F)c1F. The zero-order valence-corrected chi connectivity index (χ0v) is 18.9. The third-order valence-corrected chi connectivity index (χ3v) is 4.51. The van der Waals surface area contributed by atoms with Gasteiger partial charge in [-0.1, -0.05) is 0 Å². The van der Waals surface area contributed by atoms with Gasteiger partial charge in [-0.3, -0.25) is 19.5 Å². The molecule has 2 rings (SSSR count). The molecule has 1 amide bonds. The van der Waals surface area contributed by atoms with Crippen LogP contribution in [0, 0.1) is 21.0 Å². The molecule has 0 aliphatic rings. The van der Waals surface area contributed by atoms with Crippen LogP contribution in [0.2, 0.25) is 0 Å². The fraction of sp³-hybridized carbons (Fsp3) is 0.263. The van der Waals surface area contributed by atoms with Crippen LogP contribution in [0.15, 0.2) is 29.3 Å². The van der Waals surface area contributed by atoms with Crippen LogP contribution in [0.5, 0.6) is 0 Å². The normalized spacial score (nSPS) is 11.4. The van der Waals surface area contributed by atoms with Gasteiger partial charge in [-0.15, -0.1) is 0 Å². The predicted octanol–water partition coefficient (Wildman–Crippen LogP) is 2.00. The van der Waals surface area contributed by atoms with Gasteiger partial charge in [0.2, 0.25) is 0 Å². The van der Waals surface area contributed by atoms with Crippen LogP contribution in [0.4, 0.5) is 24.5 Å². The van der Waals surface area contributed by atoms with Crippen molar-refractivity contribution in [3.63, 3.8) is 0 Å². The predicted molar refractivity (Wildman–Crippen MR) is 118 cm³/mol. The summed E-state index contributed by atoms with van der Waals surface area (Å²) >= 11 is 1.88. The van der Waals surface area contributed by atoms with Crippen molar-refractivity contribution >= 4 is 45.7 Å². The van der Waals surface area contributed by atoms with E-state index in [-0.39, 0.29) is 31.3 Å². The summed E-state index contributed by atoms with van der Waals surface area (Å²) in [5.41, 5.74) is 2.49. The molecule has 0 aliphatic heterocycles. The van der Waals surface area contributed by atoms with Crippen molar-refractivity contribution in [3.05, 3.63) is 56.4 Å². The smallest absolute Gasteiger partial charge is 0.277 e. The minimum atomic E-state index is -1.49. The number of aliphatic imine (C=N–C) groups is 1. The van der Waals surface area contributed by atoms with Crippen LogP contribution >= 0.6 is 22.6 Å². The molecule has 0 saturated heterocycles. The Bertz CT molecular complexity index is 994. The number of hydroxylamine groups is 2. The summed E-state index contributed by atoms with van der Waals surface area (Å²) in [7, 11) is 1.26. The number of anilines is 2. The number of carbonyl (C=O) groups excluding carboxylic acids is 1. The fourth-order valence-electron chi connectivity index (χ4n) is 2.43. The molecule has 174 valence electrons. The number of benzene rings is 2. The maximum absolute atomic E-state index is 15.1. The average Bonchev–Trinajstić information content (AvgIpc) is 2.77.